The van der Waals surface area contributed by atoms with Gasteiger partial charge in [0.05, 0.1) is 0 Å². The van der Waals surface area contributed by atoms with Crippen LogP contribution in [0.5, 0.6) is 5.75 Å². The molecular weight excluding hydrogens is 222 g/mol. The minimum Gasteiger partial charge on any atom is -0.508 e. The van der Waals surface area contributed by atoms with E-state index >= 15 is 0 Å². The molecule has 1 fully saturated rings. The molecule has 2 heteroatoms. The Labute approximate surface area is 110 Å². The van der Waals surface area contributed by atoms with Crippen molar-refractivity contribution in [2.45, 2.75) is 52.0 Å². The molecule has 1 aliphatic carbocycles. The second-order valence-electron chi connectivity index (χ2n) is 6.15. The predicted molar refractivity (Wildman–Crippen MR) is 75.9 cm³/mol. The Morgan fingerprint density at radius 1 is 1.28 bits per heavy atom. The molecule has 0 radical (unpaired) electrons. The molecule has 18 heavy (non-hydrogen) atoms. The number of phenols is 1. The summed E-state index contributed by atoms with van der Waals surface area (Å²) in [5, 5.41) is 12.9. The third kappa shape index (κ3) is 3.74. The van der Waals surface area contributed by atoms with Crippen molar-refractivity contribution < 1.29 is 5.11 Å². The van der Waals surface area contributed by atoms with Gasteiger partial charge in [0.15, 0.2) is 0 Å². The lowest BCUT2D eigenvalue weighted by Gasteiger charge is -2.39. The summed E-state index contributed by atoms with van der Waals surface area (Å²) in [6, 6.07) is 8.12. The van der Waals surface area contributed by atoms with E-state index in [4.69, 9.17) is 0 Å². The molecule has 1 saturated carbocycles. The van der Waals surface area contributed by atoms with Crippen molar-refractivity contribution in [2.24, 2.45) is 5.41 Å². The number of rotatable bonds is 6. The minimum atomic E-state index is 0.350. The van der Waals surface area contributed by atoms with E-state index in [1.165, 1.54) is 24.8 Å². The Balaban J connectivity index is 1.68. The number of hydrogen-bond acceptors (Lipinski definition) is 2. The van der Waals surface area contributed by atoms with Crippen molar-refractivity contribution in [1.29, 1.82) is 0 Å². The third-order valence-corrected chi connectivity index (χ3v) is 4.24. The predicted octanol–water partition coefficient (Wildman–Crippen LogP) is 3.49. The highest BCUT2D eigenvalue weighted by Gasteiger charge is 2.31. The maximum absolute atomic E-state index is 9.23. The number of aromatic hydroxyl groups is 1. The fourth-order valence-corrected chi connectivity index (χ4v) is 2.53. The summed E-state index contributed by atoms with van der Waals surface area (Å²) in [4.78, 5) is 0. The molecule has 0 saturated heterocycles. The zero-order chi connectivity index (χ0) is 13.0. The smallest absolute Gasteiger partial charge is 0.115 e. The van der Waals surface area contributed by atoms with Crippen LogP contribution in [0, 0.1) is 5.41 Å². The van der Waals surface area contributed by atoms with Crippen LogP contribution in [0.3, 0.4) is 0 Å². The summed E-state index contributed by atoms with van der Waals surface area (Å²) >= 11 is 0. The lowest BCUT2D eigenvalue weighted by Crippen LogP contribution is -2.41. The first-order chi connectivity index (χ1) is 8.57. The second kappa shape index (κ2) is 5.75. The molecule has 1 unspecified atom stereocenters. The maximum atomic E-state index is 9.23. The summed E-state index contributed by atoms with van der Waals surface area (Å²) in [6.07, 6.45) is 6.39. The van der Waals surface area contributed by atoms with Crippen molar-refractivity contribution in [3.05, 3.63) is 29.8 Å². The molecule has 0 amide bonds. The highest BCUT2D eigenvalue weighted by molar-refractivity contribution is 5.25. The molecule has 0 aromatic heterocycles. The monoisotopic (exact) mass is 247 g/mol. The van der Waals surface area contributed by atoms with Gasteiger partial charge in [-0.2, -0.15) is 0 Å². The summed E-state index contributed by atoms with van der Waals surface area (Å²) in [5.74, 6) is 0.350. The molecule has 2 nitrogen and oxygen atoms in total. The lowest BCUT2D eigenvalue weighted by molar-refractivity contribution is 0.151. The third-order valence-electron chi connectivity index (χ3n) is 4.24. The van der Waals surface area contributed by atoms with Crippen LogP contribution in [0.4, 0.5) is 0 Å². The highest BCUT2D eigenvalue weighted by Crippen LogP contribution is 2.39. The number of hydrogen-bond donors (Lipinski definition) is 2. The van der Waals surface area contributed by atoms with Gasteiger partial charge in [-0.25, -0.2) is 0 Å². The van der Waals surface area contributed by atoms with Crippen LogP contribution >= 0.6 is 0 Å². The fourth-order valence-electron chi connectivity index (χ4n) is 2.53. The second-order valence-corrected chi connectivity index (χ2v) is 6.15. The van der Waals surface area contributed by atoms with E-state index in [0.29, 0.717) is 17.2 Å². The Morgan fingerprint density at radius 3 is 2.50 bits per heavy atom. The van der Waals surface area contributed by atoms with Gasteiger partial charge in [0.25, 0.3) is 0 Å². The van der Waals surface area contributed by atoms with Gasteiger partial charge < -0.3 is 10.4 Å². The van der Waals surface area contributed by atoms with Crippen LogP contribution < -0.4 is 5.32 Å². The maximum Gasteiger partial charge on any atom is 0.115 e. The normalized spacial score (nSPS) is 19.2. The average molecular weight is 247 g/mol. The summed E-state index contributed by atoms with van der Waals surface area (Å²) in [6.45, 7) is 5.81. The first-order valence-corrected chi connectivity index (χ1v) is 7.09. The van der Waals surface area contributed by atoms with E-state index in [9.17, 15) is 5.11 Å². The van der Waals surface area contributed by atoms with Crippen molar-refractivity contribution in [1.82, 2.24) is 5.32 Å². The summed E-state index contributed by atoms with van der Waals surface area (Å²) in [7, 11) is 0. The van der Waals surface area contributed by atoms with Crippen LogP contribution in [0.2, 0.25) is 0 Å². The number of aryl methyl sites for hydroxylation is 1. The van der Waals surface area contributed by atoms with Crippen LogP contribution in [0.1, 0.15) is 45.1 Å². The zero-order valence-corrected chi connectivity index (χ0v) is 11.6. The average Bonchev–Trinajstić information content (AvgIpc) is 2.33. The standard InChI is InChI=1S/C16H25NO/c1-13(17-12-16(2)10-3-11-16)4-5-14-6-8-15(18)9-7-14/h6-9,13,17-18H,3-5,10-12H2,1-2H3. The molecular formula is C16H25NO. The van der Waals surface area contributed by atoms with Crippen molar-refractivity contribution in [3.8, 4) is 5.75 Å². The molecule has 1 aromatic rings. The molecule has 0 spiro atoms. The van der Waals surface area contributed by atoms with Crippen LogP contribution in [-0.2, 0) is 6.42 Å². The molecule has 1 atom stereocenters. The van der Waals surface area contributed by atoms with Gasteiger partial charge in [-0.3, -0.25) is 0 Å². The van der Waals surface area contributed by atoms with Crippen molar-refractivity contribution in [2.75, 3.05) is 6.54 Å². The molecule has 0 bridgehead atoms. The summed E-state index contributed by atoms with van der Waals surface area (Å²) in [5.41, 5.74) is 1.86. The Kier molecular flexibility index (Phi) is 4.28. The largest absolute Gasteiger partial charge is 0.508 e. The van der Waals surface area contributed by atoms with Gasteiger partial charge in [-0.1, -0.05) is 25.5 Å². The first kappa shape index (κ1) is 13.4. The first-order valence-electron chi connectivity index (χ1n) is 7.09. The van der Waals surface area contributed by atoms with Gasteiger partial charge in [0.2, 0.25) is 0 Å². The Hall–Kier alpha value is -1.02. The van der Waals surface area contributed by atoms with Crippen LogP contribution in [0.15, 0.2) is 24.3 Å². The van der Waals surface area contributed by atoms with Gasteiger partial charge in [0.1, 0.15) is 5.75 Å². The number of nitrogens with one attached hydrogen (secondary N) is 1. The highest BCUT2D eigenvalue weighted by atomic mass is 16.3. The van der Waals surface area contributed by atoms with Gasteiger partial charge in [-0.15, -0.1) is 0 Å². The van der Waals surface area contributed by atoms with Gasteiger partial charge >= 0.3 is 0 Å². The SMILES string of the molecule is CC(CCc1ccc(O)cc1)NCC1(C)CCC1. The number of phenolic OH excluding ortho intramolecular Hbond substituents is 1. The molecule has 2 rings (SSSR count). The molecule has 2 N–H and O–H groups in total. The van der Waals surface area contributed by atoms with Gasteiger partial charge in [0, 0.05) is 12.6 Å². The van der Waals surface area contributed by atoms with E-state index in [0.717, 1.165) is 19.4 Å². The van der Waals surface area contributed by atoms with Crippen LogP contribution in [-0.4, -0.2) is 17.7 Å². The zero-order valence-electron chi connectivity index (χ0n) is 11.6. The van der Waals surface area contributed by atoms with Gasteiger partial charge in [-0.05, 0) is 55.7 Å². The molecule has 1 aliphatic rings. The van der Waals surface area contributed by atoms with E-state index < -0.39 is 0 Å². The quantitative estimate of drug-likeness (QED) is 0.806. The topological polar surface area (TPSA) is 32.3 Å². The number of benzene rings is 1. The lowest BCUT2D eigenvalue weighted by atomic mass is 9.70. The minimum absolute atomic E-state index is 0.350. The Morgan fingerprint density at radius 2 is 1.94 bits per heavy atom. The van der Waals surface area contributed by atoms with Crippen LogP contribution in [0.25, 0.3) is 0 Å². The Bertz CT molecular complexity index is 367. The molecule has 100 valence electrons. The molecule has 0 heterocycles. The van der Waals surface area contributed by atoms with Crippen molar-refractivity contribution in [3.63, 3.8) is 0 Å². The van der Waals surface area contributed by atoms with E-state index in [1.54, 1.807) is 12.1 Å². The molecule has 0 aliphatic heterocycles. The molecule has 1 aromatic carbocycles. The van der Waals surface area contributed by atoms with E-state index in [2.05, 4.69) is 19.2 Å². The van der Waals surface area contributed by atoms with Crippen molar-refractivity contribution >= 4 is 0 Å². The van der Waals surface area contributed by atoms with E-state index in [-0.39, 0.29) is 0 Å². The van der Waals surface area contributed by atoms with E-state index in [1.807, 2.05) is 12.1 Å². The fraction of sp³-hybridized carbons (Fsp3) is 0.625. The summed E-state index contributed by atoms with van der Waals surface area (Å²) < 4.78 is 0.